The van der Waals surface area contributed by atoms with Crippen LogP contribution in [-0.2, 0) is 0 Å². The highest BCUT2D eigenvalue weighted by Gasteiger charge is 2.06. The zero-order valence-electron chi connectivity index (χ0n) is 21.7. The molecule has 30 heavy (non-hydrogen) atoms. The maximum absolute atomic E-state index is 2.42. The van der Waals surface area contributed by atoms with Crippen LogP contribution in [0.3, 0.4) is 0 Å². The van der Waals surface area contributed by atoms with Crippen molar-refractivity contribution >= 4 is 0 Å². The minimum atomic E-state index is 1.02. The van der Waals surface area contributed by atoms with Gasteiger partial charge in [0.15, 0.2) is 0 Å². The Morgan fingerprint density at radius 3 is 1.20 bits per heavy atom. The molecule has 0 aromatic heterocycles. The van der Waals surface area contributed by atoms with Crippen LogP contribution in [-0.4, -0.2) is 0 Å². The van der Waals surface area contributed by atoms with Gasteiger partial charge in [0.05, 0.1) is 0 Å². The second kappa shape index (κ2) is 26.8. The monoisotopic (exact) mass is 420 g/mol. The summed E-state index contributed by atoms with van der Waals surface area (Å²) >= 11 is 0. The van der Waals surface area contributed by atoms with Gasteiger partial charge < -0.3 is 0 Å². The molecule has 0 aliphatic rings. The number of hydrogen-bond donors (Lipinski definition) is 0. The van der Waals surface area contributed by atoms with Crippen LogP contribution in [0, 0.1) is 5.92 Å². The Hall–Kier alpha value is -0.260. The van der Waals surface area contributed by atoms with Gasteiger partial charge in [-0.1, -0.05) is 167 Å². The smallest absolute Gasteiger partial charge is 0.0351 e. The van der Waals surface area contributed by atoms with E-state index in [0.29, 0.717) is 0 Å². The average Bonchev–Trinajstić information content (AvgIpc) is 2.76. The molecule has 0 amide bonds. The van der Waals surface area contributed by atoms with E-state index in [4.69, 9.17) is 0 Å². The first-order chi connectivity index (χ1) is 14.8. The molecule has 0 fully saturated rings. The molecule has 1 atom stereocenters. The van der Waals surface area contributed by atoms with E-state index >= 15 is 0 Å². The van der Waals surface area contributed by atoms with Crippen LogP contribution < -0.4 is 0 Å². The summed E-state index contributed by atoms with van der Waals surface area (Å²) < 4.78 is 0. The van der Waals surface area contributed by atoms with Gasteiger partial charge in [0, 0.05) is 0 Å². The quantitative estimate of drug-likeness (QED) is 0.102. The Morgan fingerprint density at radius 1 is 0.467 bits per heavy atom. The molecule has 180 valence electrons. The molecule has 0 aliphatic heterocycles. The van der Waals surface area contributed by atoms with E-state index in [1.54, 1.807) is 0 Å². The summed E-state index contributed by atoms with van der Waals surface area (Å²) in [6.07, 6.45) is 39.5. The van der Waals surface area contributed by atoms with Crippen molar-refractivity contribution in [2.75, 3.05) is 0 Å². The van der Waals surface area contributed by atoms with E-state index in [1.165, 1.54) is 154 Å². The highest BCUT2D eigenvalue weighted by molar-refractivity contribution is 4.76. The van der Waals surface area contributed by atoms with Gasteiger partial charge >= 0.3 is 0 Å². The highest BCUT2D eigenvalue weighted by atomic mass is 14.1. The standard InChI is InChI=1S/C30H60/c1-4-7-9-11-13-15-16-17-18-19-21-23-25-27-29-30(6-3)28-26-24-22-20-14-12-10-8-5-2/h4,7,30H,5-6,8-29H2,1-3H3. The van der Waals surface area contributed by atoms with Crippen LogP contribution in [0.5, 0.6) is 0 Å². The van der Waals surface area contributed by atoms with E-state index in [9.17, 15) is 0 Å². The summed E-state index contributed by atoms with van der Waals surface area (Å²) in [5, 5.41) is 0. The van der Waals surface area contributed by atoms with Crippen LogP contribution in [0.25, 0.3) is 0 Å². The van der Waals surface area contributed by atoms with E-state index in [1.807, 2.05) is 0 Å². The second-order valence-electron chi connectivity index (χ2n) is 9.93. The van der Waals surface area contributed by atoms with Gasteiger partial charge in [0.2, 0.25) is 0 Å². The van der Waals surface area contributed by atoms with Crippen molar-refractivity contribution in [1.82, 2.24) is 0 Å². The molecule has 0 bridgehead atoms. The first-order valence-corrected chi connectivity index (χ1v) is 14.5. The van der Waals surface area contributed by atoms with Gasteiger partial charge in [-0.25, -0.2) is 0 Å². The van der Waals surface area contributed by atoms with Crippen molar-refractivity contribution < 1.29 is 0 Å². The van der Waals surface area contributed by atoms with Crippen molar-refractivity contribution in [3.05, 3.63) is 12.2 Å². The summed E-state index contributed by atoms with van der Waals surface area (Å²) in [5.41, 5.74) is 0. The Kier molecular flexibility index (Phi) is 26.5. The van der Waals surface area contributed by atoms with Gasteiger partial charge in [0.25, 0.3) is 0 Å². The summed E-state index contributed by atoms with van der Waals surface area (Å²) in [7, 11) is 0. The van der Waals surface area contributed by atoms with Crippen molar-refractivity contribution in [2.24, 2.45) is 5.92 Å². The summed E-state index contributed by atoms with van der Waals surface area (Å²) in [6, 6.07) is 0. The normalized spacial score (nSPS) is 12.8. The fraction of sp³-hybridized carbons (Fsp3) is 0.933. The molecule has 0 aromatic carbocycles. The van der Waals surface area contributed by atoms with E-state index in [-0.39, 0.29) is 0 Å². The summed E-state index contributed by atoms with van der Waals surface area (Å²) in [6.45, 7) is 6.85. The zero-order chi connectivity index (χ0) is 22.0. The predicted octanol–water partition coefficient (Wildman–Crippen LogP) is 11.6. The minimum absolute atomic E-state index is 1.02. The first kappa shape index (κ1) is 29.7. The third-order valence-electron chi connectivity index (χ3n) is 7.01. The molecular formula is C30H60. The third kappa shape index (κ3) is 24.0. The number of rotatable bonds is 25. The van der Waals surface area contributed by atoms with Crippen LogP contribution in [0.2, 0.25) is 0 Å². The topological polar surface area (TPSA) is 0 Å². The lowest BCUT2D eigenvalue weighted by atomic mass is 9.92. The molecular weight excluding hydrogens is 360 g/mol. The average molecular weight is 421 g/mol. The van der Waals surface area contributed by atoms with Crippen LogP contribution in [0.1, 0.15) is 175 Å². The molecule has 0 saturated heterocycles. The van der Waals surface area contributed by atoms with Crippen LogP contribution >= 0.6 is 0 Å². The SMILES string of the molecule is CC=CCCCCCCCCCCCCCC(CC)CCCCCCCCCCC. The Morgan fingerprint density at radius 2 is 0.833 bits per heavy atom. The molecule has 0 nitrogen and oxygen atoms in total. The molecule has 1 unspecified atom stereocenters. The predicted molar refractivity (Wildman–Crippen MR) is 140 cm³/mol. The van der Waals surface area contributed by atoms with Crippen LogP contribution in [0.15, 0.2) is 12.2 Å². The number of unbranched alkanes of at least 4 members (excludes halogenated alkanes) is 19. The van der Waals surface area contributed by atoms with E-state index < -0.39 is 0 Å². The van der Waals surface area contributed by atoms with E-state index in [2.05, 4.69) is 32.9 Å². The lowest BCUT2D eigenvalue weighted by Crippen LogP contribution is -1.99. The molecule has 0 radical (unpaired) electrons. The Labute approximate surface area is 193 Å². The van der Waals surface area contributed by atoms with Gasteiger partial charge in [-0.3, -0.25) is 0 Å². The summed E-state index contributed by atoms with van der Waals surface area (Å²) in [5.74, 6) is 1.02. The van der Waals surface area contributed by atoms with Crippen molar-refractivity contribution in [1.29, 1.82) is 0 Å². The molecule has 0 saturated carbocycles. The van der Waals surface area contributed by atoms with Crippen molar-refractivity contribution in [2.45, 2.75) is 175 Å². The fourth-order valence-electron chi connectivity index (χ4n) is 4.75. The molecule has 0 N–H and O–H groups in total. The maximum Gasteiger partial charge on any atom is -0.0351 e. The minimum Gasteiger partial charge on any atom is -0.0917 e. The lowest BCUT2D eigenvalue weighted by Gasteiger charge is -2.14. The number of allylic oxidation sites excluding steroid dienone is 2. The molecule has 0 heterocycles. The third-order valence-corrected chi connectivity index (χ3v) is 7.01. The van der Waals surface area contributed by atoms with Gasteiger partial charge in [-0.15, -0.1) is 0 Å². The summed E-state index contributed by atoms with van der Waals surface area (Å²) in [4.78, 5) is 0. The molecule has 0 spiro atoms. The second-order valence-corrected chi connectivity index (χ2v) is 9.93. The largest absolute Gasteiger partial charge is 0.0917 e. The molecule has 0 heteroatoms. The zero-order valence-corrected chi connectivity index (χ0v) is 21.7. The number of hydrogen-bond acceptors (Lipinski definition) is 0. The van der Waals surface area contributed by atoms with Crippen LogP contribution in [0.4, 0.5) is 0 Å². The van der Waals surface area contributed by atoms with Crippen molar-refractivity contribution in [3.63, 3.8) is 0 Å². The molecule has 0 rings (SSSR count). The molecule has 0 aromatic rings. The fourth-order valence-corrected chi connectivity index (χ4v) is 4.75. The van der Waals surface area contributed by atoms with E-state index in [0.717, 1.165) is 5.92 Å². The lowest BCUT2D eigenvalue weighted by molar-refractivity contribution is 0.392. The highest BCUT2D eigenvalue weighted by Crippen LogP contribution is 2.22. The maximum atomic E-state index is 2.42. The van der Waals surface area contributed by atoms with Gasteiger partial charge in [0.1, 0.15) is 0 Å². The van der Waals surface area contributed by atoms with Gasteiger partial charge in [-0.05, 0) is 25.7 Å². The van der Waals surface area contributed by atoms with Gasteiger partial charge in [-0.2, -0.15) is 0 Å². The van der Waals surface area contributed by atoms with Crippen molar-refractivity contribution in [3.8, 4) is 0 Å². The Balaban J connectivity index is 3.27. The first-order valence-electron chi connectivity index (χ1n) is 14.5. The molecule has 0 aliphatic carbocycles. The Bertz CT molecular complexity index is 316.